The van der Waals surface area contributed by atoms with E-state index < -0.39 is 5.97 Å². The molecule has 120 valence electrons. The molecule has 0 radical (unpaired) electrons. The van der Waals surface area contributed by atoms with Crippen LogP contribution in [0, 0.1) is 5.82 Å². The van der Waals surface area contributed by atoms with E-state index in [-0.39, 0.29) is 11.5 Å². The van der Waals surface area contributed by atoms with Gasteiger partial charge in [-0.1, -0.05) is 30.3 Å². The van der Waals surface area contributed by atoms with Gasteiger partial charge < -0.3 is 10.5 Å². The topological polar surface area (TPSA) is 52.3 Å². The summed E-state index contributed by atoms with van der Waals surface area (Å²) in [6.07, 6.45) is 2.83. The SMILES string of the molecule is CCOC(=O)/C=C/c1cc(SCc2ccccc2)c(F)cc1N. The molecule has 0 heterocycles. The van der Waals surface area contributed by atoms with Gasteiger partial charge in [-0.3, -0.25) is 0 Å². The Morgan fingerprint density at radius 3 is 2.74 bits per heavy atom. The zero-order chi connectivity index (χ0) is 16.7. The summed E-state index contributed by atoms with van der Waals surface area (Å²) in [5.41, 5.74) is 7.79. The lowest BCUT2D eigenvalue weighted by Crippen LogP contribution is -1.99. The van der Waals surface area contributed by atoms with E-state index in [1.807, 2.05) is 30.3 Å². The smallest absolute Gasteiger partial charge is 0.330 e. The van der Waals surface area contributed by atoms with Crippen LogP contribution in [0.25, 0.3) is 6.08 Å². The summed E-state index contributed by atoms with van der Waals surface area (Å²) < 4.78 is 18.9. The number of benzene rings is 2. The number of hydrogen-bond donors (Lipinski definition) is 1. The normalized spacial score (nSPS) is 10.9. The number of esters is 1. The quantitative estimate of drug-likeness (QED) is 0.371. The molecular formula is C18H18FNO2S. The van der Waals surface area contributed by atoms with Crippen molar-refractivity contribution in [1.82, 2.24) is 0 Å². The number of anilines is 1. The van der Waals surface area contributed by atoms with Gasteiger partial charge in [0.2, 0.25) is 0 Å². The molecule has 2 aromatic rings. The Kier molecular flexibility index (Phi) is 6.23. The number of carbonyl (C=O) groups is 1. The van der Waals surface area contributed by atoms with Crippen molar-refractivity contribution < 1.29 is 13.9 Å². The Morgan fingerprint density at radius 2 is 2.04 bits per heavy atom. The molecule has 3 nitrogen and oxygen atoms in total. The van der Waals surface area contributed by atoms with Crippen LogP contribution in [0.5, 0.6) is 0 Å². The molecule has 0 unspecified atom stereocenters. The Hall–Kier alpha value is -2.27. The van der Waals surface area contributed by atoms with E-state index in [0.717, 1.165) is 5.56 Å². The molecule has 0 aromatic heterocycles. The minimum Gasteiger partial charge on any atom is -0.463 e. The summed E-state index contributed by atoms with van der Waals surface area (Å²) in [5, 5.41) is 0. The average molecular weight is 331 g/mol. The van der Waals surface area contributed by atoms with E-state index >= 15 is 0 Å². The molecule has 0 amide bonds. The highest BCUT2D eigenvalue weighted by molar-refractivity contribution is 7.98. The second kappa shape index (κ2) is 8.39. The van der Waals surface area contributed by atoms with Gasteiger partial charge in [-0.2, -0.15) is 0 Å². The van der Waals surface area contributed by atoms with Gasteiger partial charge in [0.25, 0.3) is 0 Å². The lowest BCUT2D eigenvalue weighted by Gasteiger charge is -2.08. The Labute approximate surface area is 139 Å². The zero-order valence-corrected chi connectivity index (χ0v) is 13.6. The van der Waals surface area contributed by atoms with Crippen molar-refractivity contribution in [3.05, 3.63) is 65.5 Å². The molecule has 2 rings (SSSR count). The summed E-state index contributed by atoms with van der Waals surface area (Å²) in [4.78, 5) is 11.9. The van der Waals surface area contributed by atoms with Crippen molar-refractivity contribution in [3.8, 4) is 0 Å². The summed E-state index contributed by atoms with van der Waals surface area (Å²) in [5.74, 6) is -0.158. The number of carbonyl (C=O) groups excluding carboxylic acids is 1. The molecule has 0 atom stereocenters. The molecule has 0 aliphatic heterocycles. The average Bonchev–Trinajstić information content (AvgIpc) is 2.54. The maximum absolute atomic E-state index is 14.0. The lowest BCUT2D eigenvalue weighted by atomic mass is 10.1. The summed E-state index contributed by atoms with van der Waals surface area (Å²) in [6.45, 7) is 2.04. The van der Waals surface area contributed by atoms with Crippen LogP contribution in [0.1, 0.15) is 18.1 Å². The molecule has 0 aliphatic carbocycles. The van der Waals surface area contributed by atoms with Crippen LogP contribution in [-0.4, -0.2) is 12.6 Å². The molecule has 0 spiro atoms. The molecule has 23 heavy (non-hydrogen) atoms. The number of nitrogens with two attached hydrogens (primary N) is 1. The predicted octanol–water partition coefficient (Wildman–Crippen LogP) is 4.28. The molecular weight excluding hydrogens is 313 g/mol. The Balaban J connectivity index is 2.14. The van der Waals surface area contributed by atoms with Crippen LogP contribution in [0.3, 0.4) is 0 Å². The first-order valence-corrected chi connectivity index (χ1v) is 8.19. The van der Waals surface area contributed by atoms with Gasteiger partial charge in [0.1, 0.15) is 5.82 Å². The van der Waals surface area contributed by atoms with Gasteiger partial charge in [0.15, 0.2) is 0 Å². The molecule has 0 saturated carbocycles. The first-order chi connectivity index (χ1) is 11.1. The molecule has 0 saturated heterocycles. The van der Waals surface area contributed by atoms with E-state index in [9.17, 15) is 9.18 Å². The maximum atomic E-state index is 14.0. The van der Waals surface area contributed by atoms with Crippen molar-refractivity contribution in [2.75, 3.05) is 12.3 Å². The molecule has 0 aliphatic rings. The highest BCUT2D eigenvalue weighted by atomic mass is 32.2. The highest BCUT2D eigenvalue weighted by Crippen LogP contribution is 2.29. The molecule has 0 fully saturated rings. The molecule has 2 N–H and O–H groups in total. The fourth-order valence-corrected chi connectivity index (χ4v) is 2.84. The van der Waals surface area contributed by atoms with E-state index in [1.165, 1.54) is 23.9 Å². The van der Waals surface area contributed by atoms with Crippen molar-refractivity contribution in [2.24, 2.45) is 0 Å². The number of thioether (sulfide) groups is 1. The first kappa shape index (κ1) is 17.1. The second-order valence-electron chi connectivity index (χ2n) is 4.77. The number of halogens is 1. The molecule has 0 bridgehead atoms. The zero-order valence-electron chi connectivity index (χ0n) is 12.8. The standard InChI is InChI=1S/C18H18FNO2S/c1-2-22-18(21)9-8-14-10-17(15(19)11-16(14)20)23-12-13-6-4-3-5-7-13/h3-11H,2,12,20H2,1H3/b9-8+. The predicted molar refractivity (Wildman–Crippen MR) is 92.5 cm³/mol. The monoisotopic (exact) mass is 331 g/mol. The highest BCUT2D eigenvalue weighted by Gasteiger charge is 2.08. The van der Waals surface area contributed by atoms with E-state index in [0.29, 0.717) is 22.8 Å². The minimum absolute atomic E-state index is 0.284. The summed E-state index contributed by atoms with van der Waals surface area (Å²) in [6, 6.07) is 12.7. The van der Waals surface area contributed by atoms with Crippen molar-refractivity contribution in [2.45, 2.75) is 17.6 Å². The number of nitrogen functional groups attached to an aromatic ring is 1. The van der Waals surface area contributed by atoms with Crippen LogP contribution in [0.2, 0.25) is 0 Å². The fraction of sp³-hybridized carbons (Fsp3) is 0.167. The number of hydrogen-bond acceptors (Lipinski definition) is 4. The van der Waals surface area contributed by atoms with Crippen LogP contribution >= 0.6 is 11.8 Å². The third kappa shape index (κ3) is 5.14. The fourth-order valence-electron chi connectivity index (χ4n) is 1.92. The van der Waals surface area contributed by atoms with Crippen molar-refractivity contribution in [3.63, 3.8) is 0 Å². The maximum Gasteiger partial charge on any atom is 0.330 e. The lowest BCUT2D eigenvalue weighted by molar-refractivity contribution is -0.137. The third-order valence-electron chi connectivity index (χ3n) is 3.06. The van der Waals surface area contributed by atoms with Gasteiger partial charge in [-0.15, -0.1) is 11.8 Å². The van der Waals surface area contributed by atoms with Gasteiger partial charge in [0.05, 0.1) is 6.61 Å². The first-order valence-electron chi connectivity index (χ1n) is 7.20. The van der Waals surface area contributed by atoms with Gasteiger partial charge in [-0.25, -0.2) is 9.18 Å². The van der Waals surface area contributed by atoms with Gasteiger partial charge in [-0.05, 0) is 36.3 Å². The Morgan fingerprint density at radius 1 is 1.30 bits per heavy atom. The van der Waals surface area contributed by atoms with Crippen molar-refractivity contribution >= 4 is 29.5 Å². The Bertz CT molecular complexity index is 702. The van der Waals surface area contributed by atoms with E-state index in [2.05, 4.69) is 0 Å². The second-order valence-corrected chi connectivity index (χ2v) is 5.79. The van der Waals surface area contributed by atoms with Crippen LogP contribution < -0.4 is 5.73 Å². The van der Waals surface area contributed by atoms with E-state index in [1.54, 1.807) is 19.1 Å². The van der Waals surface area contributed by atoms with Gasteiger partial charge in [0, 0.05) is 22.4 Å². The largest absolute Gasteiger partial charge is 0.463 e. The van der Waals surface area contributed by atoms with Gasteiger partial charge >= 0.3 is 5.97 Å². The summed E-state index contributed by atoms with van der Waals surface area (Å²) >= 11 is 1.39. The van der Waals surface area contributed by atoms with Crippen LogP contribution in [0.15, 0.2) is 53.4 Å². The van der Waals surface area contributed by atoms with Crippen LogP contribution in [-0.2, 0) is 15.3 Å². The third-order valence-corrected chi connectivity index (χ3v) is 4.16. The number of rotatable bonds is 6. The molecule has 2 aromatic carbocycles. The van der Waals surface area contributed by atoms with Crippen LogP contribution in [0.4, 0.5) is 10.1 Å². The van der Waals surface area contributed by atoms with E-state index in [4.69, 9.17) is 10.5 Å². The number of ether oxygens (including phenoxy) is 1. The summed E-state index contributed by atoms with van der Waals surface area (Å²) in [7, 11) is 0. The van der Waals surface area contributed by atoms with Crippen molar-refractivity contribution in [1.29, 1.82) is 0 Å². The minimum atomic E-state index is -0.449. The molecule has 5 heteroatoms.